The molecule has 2 amide bonds. The highest BCUT2D eigenvalue weighted by atomic mass is 35.5. The van der Waals surface area contributed by atoms with Gasteiger partial charge in [-0.2, -0.15) is 0 Å². The van der Waals surface area contributed by atoms with Gasteiger partial charge in [0.2, 0.25) is 11.8 Å². The SMILES string of the molecule is CC(C)C[C@H](C(=O)N[C@@H](Cc1cccnc1)C(=O)Nc1ccc(Cl)c(Cl)c1)P(=O)(O)O. The molecule has 1 heterocycles. The Bertz CT molecular complexity index is 969. The molecule has 11 heteroatoms. The lowest BCUT2D eigenvalue weighted by molar-refractivity contribution is -0.126. The van der Waals surface area contributed by atoms with E-state index in [1.54, 1.807) is 44.4 Å². The molecule has 0 radical (unpaired) electrons. The minimum absolute atomic E-state index is 0.0237. The molecule has 0 spiro atoms. The molecule has 2 aromatic rings. The third-order valence-corrected chi connectivity index (χ3v) is 6.38. The molecule has 0 bridgehead atoms. The molecular formula is C20H24Cl2N3O5P. The molecule has 1 aromatic carbocycles. The van der Waals surface area contributed by atoms with Crippen molar-refractivity contribution in [3.8, 4) is 0 Å². The normalized spacial score (nSPS) is 13.5. The number of amides is 2. The summed E-state index contributed by atoms with van der Waals surface area (Å²) in [6.07, 6.45) is 3.16. The lowest BCUT2D eigenvalue weighted by Gasteiger charge is -2.24. The fourth-order valence-electron chi connectivity index (χ4n) is 2.88. The number of anilines is 1. The molecular weight excluding hydrogens is 464 g/mol. The highest BCUT2D eigenvalue weighted by Crippen LogP contribution is 2.44. The molecule has 8 nitrogen and oxygen atoms in total. The Morgan fingerprint density at radius 1 is 1.13 bits per heavy atom. The first kappa shape index (κ1) is 25.3. The van der Waals surface area contributed by atoms with Gasteiger partial charge in [0, 0.05) is 24.5 Å². The van der Waals surface area contributed by atoms with Crippen molar-refractivity contribution in [1.29, 1.82) is 0 Å². The van der Waals surface area contributed by atoms with E-state index in [2.05, 4.69) is 15.6 Å². The molecule has 168 valence electrons. The van der Waals surface area contributed by atoms with Gasteiger partial charge < -0.3 is 20.4 Å². The van der Waals surface area contributed by atoms with Crippen LogP contribution in [-0.4, -0.2) is 38.3 Å². The second-order valence-corrected chi connectivity index (χ2v) is 10.1. The lowest BCUT2D eigenvalue weighted by atomic mass is 10.0. The number of hydrogen-bond donors (Lipinski definition) is 4. The van der Waals surface area contributed by atoms with Gasteiger partial charge in [0.15, 0.2) is 0 Å². The summed E-state index contributed by atoms with van der Waals surface area (Å²) < 4.78 is 11.9. The number of nitrogens with one attached hydrogen (secondary N) is 2. The highest BCUT2D eigenvalue weighted by Gasteiger charge is 2.37. The summed E-state index contributed by atoms with van der Waals surface area (Å²) in [4.78, 5) is 48.9. The maximum atomic E-state index is 12.9. The number of carbonyl (C=O) groups is 2. The van der Waals surface area contributed by atoms with Crippen LogP contribution in [0.5, 0.6) is 0 Å². The van der Waals surface area contributed by atoms with Crippen molar-refractivity contribution in [3.63, 3.8) is 0 Å². The molecule has 0 saturated carbocycles. The maximum absolute atomic E-state index is 12.9. The number of rotatable bonds is 9. The average molecular weight is 488 g/mol. The van der Waals surface area contributed by atoms with E-state index in [0.29, 0.717) is 16.3 Å². The van der Waals surface area contributed by atoms with E-state index in [1.165, 1.54) is 12.1 Å². The largest absolute Gasteiger partial charge is 0.343 e. The average Bonchev–Trinajstić information content (AvgIpc) is 2.68. The minimum atomic E-state index is -4.72. The van der Waals surface area contributed by atoms with Crippen LogP contribution in [0.3, 0.4) is 0 Å². The van der Waals surface area contributed by atoms with E-state index >= 15 is 0 Å². The van der Waals surface area contributed by atoms with Crippen molar-refractivity contribution in [2.75, 3.05) is 5.32 Å². The van der Waals surface area contributed by atoms with Crippen molar-refractivity contribution >= 4 is 48.3 Å². The quantitative estimate of drug-likeness (QED) is 0.399. The number of hydrogen-bond acceptors (Lipinski definition) is 4. The first-order valence-corrected chi connectivity index (χ1v) is 11.9. The second-order valence-electron chi connectivity index (χ2n) is 7.48. The number of carbonyl (C=O) groups excluding carboxylic acids is 2. The van der Waals surface area contributed by atoms with Crippen LogP contribution in [0.1, 0.15) is 25.8 Å². The Kier molecular flexibility index (Phi) is 9.03. The van der Waals surface area contributed by atoms with Crippen LogP contribution in [0.25, 0.3) is 0 Å². The number of halogens is 2. The van der Waals surface area contributed by atoms with Gasteiger partial charge >= 0.3 is 7.60 Å². The molecule has 0 aliphatic rings. The Hall–Kier alpha value is -1.96. The van der Waals surface area contributed by atoms with Crippen molar-refractivity contribution in [2.24, 2.45) is 5.92 Å². The molecule has 0 fully saturated rings. The van der Waals surface area contributed by atoms with Crippen LogP contribution in [0, 0.1) is 5.92 Å². The van der Waals surface area contributed by atoms with E-state index in [0.717, 1.165) is 0 Å². The van der Waals surface area contributed by atoms with Gasteiger partial charge in [-0.15, -0.1) is 0 Å². The second kappa shape index (κ2) is 11.1. The van der Waals surface area contributed by atoms with Crippen LogP contribution in [0.15, 0.2) is 42.7 Å². The summed E-state index contributed by atoms with van der Waals surface area (Å²) in [5.41, 5.74) is -0.533. The topological polar surface area (TPSA) is 129 Å². The van der Waals surface area contributed by atoms with Gasteiger partial charge in [-0.25, -0.2) is 0 Å². The molecule has 4 N–H and O–H groups in total. The monoisotopic (exact) mass is 487 g/mol. The maximum Gasteiger partial charge on any atom is 0.337 e. The van der Waals surface area contributed by atoms with Gasteiger partial charge in [-0.1, -0.05) is 43.1 Å². The minimum Gasteiger partial charge on any atom is -0.343 e. The Balaban J connectivity index is 2.26. The predicted octanol–water partition coefficient (Wildman–Crippen LogP) is 3.65. The van der Waals surface area contributed by atoms with E-state index in [1.807, 2.05) is 0 Å². The first-order valence-electron chi connectivity index (χ1n) is 9.47. The summed E-state index contributed by atoms with van der Waals surface area (Å²) in [5.74, 6) is -1.60. The molecule has 0 aliphatic heterocycles. The lowest BCUT2D eigenvalue weighted by Crippen LogP contribution is -2.48. The summed E-state index contributed by atoms with van der Waals surface area (Å²) >= 11 is 11.9. The fraction of sp³-hybridized carbons (Fsp3) is 0.350. The van der Waals surface area contributed by atoms with Crippen LogP contribution in [0.2, 0.25) is 10.0 Å². The van der Waals surface area contributed by atoms with Gasteiger partial charge in [0.05, 0.1) is 10.0 Å². The van der Waals surface area contributed by atoms with E-state index in [-0.39, 0.29) is 23.8 Å². The number of nitrogens with zero attached hydrogens (tertiary/aromatic N) is 1. The Morgan fingerprint density at radius 3 is 2.39 bits per heavy atom. The zero-order chi connectivity index (χ0) is 23.2. The molecule has 0 aliphatic carbocycles. The zero-order valence-electron chi connectivity index (χ0n) is 17.0. The standard InChI is InChI=1S/C20H24Cl2N3O5P/c1-12(2)8-18(31(28,29)30)20(27)25-17(9-13-4-3-7-23-11-13)19(26)24-14-5-6-15(21)16(22)10-14/h3-7,10-12,17-18H,8-9H2,1-2H3,(H,24,26)(H,25,27)(H2,28,29,30)/t17-,18+/m0/s1. The van der Waals surface area contributed by atoms with Gasteiger partial charge in [0.25, 0.3) is 0 Å². The van der Waals surface area contributed by atoms with Crippen molar-refractivity contribution in [2.45, 2.75) is 38.4 Å². The van der Waals surface area contributed by atoms with E-state index < -0.39 is 31.1 Å². The van der Waals surface area contributed by atoms with Crippen molar-refractivity contribution in [3.05, 3.63) is 58.3 Å². The summed E-state index contributed by atoms with van der Waals surface area (Å²) in [6, 6.07) is 6.83. The third kappa shape index (κ3) is 7.91. The number of pyridine rings is 1. The third-order valence-electron chi connectivity index (χ3n) is 4.39. The molecule has 0 unspecified atom stereocenters. The van der Waals surface area contributed by atoms with Crippen LogP contribution < -0.4 is 10.6 Å². The number of benzene rings is 1. The zero-order valence-corrected chi connectivity index (χ0v) is 19.4. The summed E-state index contributed by atoms with van der Waals surface area (Å²) in [5, 5.41) is 5.70. The van der Waals surface area contributed by atoms with Crippen LogP contribution in [-0.2, 0) is 20.6 Å². The summed E-state index contributed by atoms with van der Waals surface area (Å²) in [7, 11) is -4.72. The van der Waals surface area contributed by atoms with Crippen molar-refractivity contribution < 1.29 is 23.9 Å². The molecule has 2 rings (SSSR count). The summed E-state index contributed by atoms with van der Waals surface area (Å²) in [6.45, 7) is 3.50. The predicted molar refractivity (Wildman–Crippen MR) is 120 cm³/mol. The molecule has 31 heavy (non-hydrogen) atoms. The molecule has 0 saturated heterocycles. The molecule has 2 atom stereocenters. The van der Waals surface area contributed by atoms with Gasteiger partial charge in [0.1, 0.15) is 11.7 Å². The number of aromatic nitrogens is 1. The van der Waals surface area contributed by atoms with E-state index in [4.69, 9.17) is 23.2 Å². The van der Waals surface area contributed by atoms with Gasteiger partial charge in [-0.05, 0) is 42.2 Å². The van der Waals surface area contributed by atoms with Gasteiger partial charge in [-0.3, -0.25) is 19.1 Å². The first-order chi connectivity index (χ1) is 14.5. The molecule has 1 aromatic heterocycles. The smallest absolute Gasteiger partial charge is 0.337 e. The highest BCUT2D eigenvalue weighted by molar-refractivity contribution is 7.53. The Labute approximate surface area is 190 Å². The van der Waals surface area contributed by atoms with Crippen molar-refractivity contribution in [1.82, 2.24) is 10.3 Å². The Morgan fingerprint density at radius 2 is 1.84 bits per heavy atom. The van der Waals surface area contributed by atoms with E-state index in [9.17, 15) is 23.9 Å². The fourth-order valence-corrected chi connectivity index (χ4v) is 4.25. The van der Waals surface area contributed by atoms with Crippen LogP contribution >= 0.6 is 30.8 Å². The van der Waals surface area contributed by atoms with Crippen LogP contribution in [0.4, 0.5) is 5.69 Å².